The molecule has 0 saturated heterocycles. The van der Waals surface area contributed by atoms with Crippen molar-refractivity contribution < 1.29 is 4.79 Å². The third-order valence-corrected chi connectivity index (χ3v) is 3.52. The quantitative estimate of drug-likeness (QED) is 0.594. The van der Waals surface area contributed by atoms with Gasteiger partial charge in [0.1, 0.15) is 5.82 Å². The van der Waals surface area contributed by atoms with Gasteiger partial charge in [-0.05, 0) is 25.0 Å². The number of nitrogen functional groups attached to an aromatic ring is 1. The van der Waals surface area contributed by atoms with E-state index in [9.17, 15) is 4.79 Å². The third-order valence-electron chi connectivity index (χ3n) is 2.69. The molecular weight excluding hydrogens is 274 g/mol. The Morgan fingerprint density at radius 1 is 1.40 bits per heavy atom. The number of hydrogen-bond donors (Lipinski definition) is 3. The van der Waals surface area contributed by atoms with Crippen LogP contribution in [0.1, 0.15) is 40.7 Å². The molecule has 7 heteroatoms. The molecule has 2 aromatic heterocycles. The van der Waals surface area contributed by atoms with Crippen molar-refractivity contribution in [2.45, 2.75) is 26.7 Å². The van der Waals surface area contributed by atoms with Gasteiger partial charge >= 0.3 is 0 Å². The van der Waals surface area contributed by atoms with Gasteiger partial charge in [-0.2, -0.15) is 0 Å². The Morgan fingerprint density at radius 3 is 2.70 bits per heavy atom. The molecule has 1 amide bonds. The second-order valence-electron chi connectivity index (χ2n) is 4.70. The van der Waals surface area contributed by atoms with Crippen molar-refractivity contribution in [3.63, 3.8) is 0 Å². The number of anilines is 2. The molecule has 2 heterocycles. The zero-order valence-electron chi connectivity index (χ0n) is 11.6. The summed E-state index contributed by atoms with van der Waals surface area (Å²) < 4.78 is 0. The maximum absolute atomic E-state index is 12.2. The molecule has 0 spiro atoms. The van der Waals surface area contributed by atoms with Gasteiger partial charge in [0.25, 0.3) is 5.91 Å². The van der Waals surface area contributed by atoms with Crippen LogP contribution >= 0.6 is 11.3 Å². The molecule has 0 unspecified atom stereocenters. The maximum Gasteiger partial charge on any atom is 0.257 e. The van der Waals surface area contributed by atoms with Crippen molar-refractivity contribution in [2.24, 2.45) is 5.84 Å². The molecule has 0 bridgehead atoms. The number of nitrogens with one attached hydrogen (secondary N) is 2. The Hall–Kier alpha value is -1.99. The average molecular weight is 291 g/mol. The van der Waals surface area contributed by atoms with Crippen LogP contribution in [-0.2, 0) is 0 Å². The lowest BCUT2D eigenvalue weighted by molar-refractivity contribution is 0.102. The van der Waals surface area contributed by atoms with Gasteiger partial charge in [-0.25, -0.2) is 15.8 Å². The summed E-state index contributed by atoms with van der Waals surface area (Å²) in [6.45, 7) is 5.95. The molecular formula is C13H17N5OS. The van der Waals surface area contributed by atoms with E-state index in [0.717, 1.165) is 10.6 Å². The zero-order valence-corrected chi connectivity index (χ0v) is 12.4. The van der Waals surface area contributed by atoms with Crippen LogP contribution in [0.4, 0.5) is 10.9 Å². The van der Waals surface area contributed by atoms with E-state index in [-0.39, 0.29) is 11.8 Å². The van der Waals surface area contributed by atoms with Gasteiger partial charge in [0.05, 0.1) is 0 Å². The molecule has 2 aromatic rings. The van der Waals surface area contributed by atoms with E-state index in [1.165, 1.54) is 11.3 Å². The predicted octanol–water partition coefficient (Wildman–Crippen LogP) is 2.51. The fourth-order valence-corrected chi connectivity index (χ4v) is 2.29. The van der Waals surface area contributed by atoms with Crippen LogP contribution in [0, 0.1) is 6.92 Å². The van der Waals surface area contributed by atoms with E-state index in [2.05, 4.69) is 20.7 Å². The fraction of sp³-hybridized carbons (Fsp3) is 0.308. The average Bonchev–Trinajstić information content (AvgIpc) is 2.83. The number of carbonyl (C=O) groups excluding carboxylic acids is 1. The summed E-state index contributed by atoms with van der Waals surface area (Å²) in [5.74, 6) is 5.84. The zero-order chi connectivity index (χ0) is 14.7. The topological polar surface area (TPSA) is 92.9 Å². The minimum absolute atomic E-state index is 0.206. The van der Waals surface area contributed by atoms with Crippen LogP contribution in [0.25, 0.3) is 0 Å². The highest BCUT2D eigenvalue weighted by Crippen LogP contribution is 2.20. The number of nitrogens with two attached hydrogens (primary N) is 1. The Labute approximate surface area is 121 Å². The van der Waals surface area contributed by atoms with Crippen molar-refractivity contribution in [1.29, 1.82) is 0 Å². The Balaban J connectivity index is 2.26. The molecule has 0 aliphatic heterocycles. The number of rotatable bonds is 4. The van der Waals surface area contributed by atoms with Crippen LogP contribution in [0.5, 0.6) is 0 Å². The molecule has 106 valence electrons. The second kappa shape index (κ2) is 5.98. The maximum atomic E-state index is 12.2. The molecule has 0 aliphatic carbocycles. The first-order valence-corrected chi connectivity index (χ1v) is 7.03. The highest BCUT2D eigenvalue weighted by Gasteiger charge is 2.13. The molecule has 4 N–H and O–H groups in total. The molecule has 0 radical (unpaired) electrons. The van der Waals surface area contributed by atoms with Crippen molar-refractivity contribution >= 4 is 28.2 Å². The standard InChI is InChI=1S/C13H17N5OS/c1-7(2)10-4-9(5-11(16-10)18-14)12(19)17-13-15-6-8(3)20-13/h4-7H,14H2,1-3H3,(H,16,18)(H,15,17,19). The minimum Gasteiger partial charge on any atom is -0.308 e. The highest BCUT2D eigenvalue weighted by atomic mass is 32.1. The van der Waals surface area contributed by atoms with Gasteiger partial charge in [-0.3, -0.25) is 10.1 Å². The largest absolute Gasteiger partial charge is 0.308 e. The first-order chi connectivity index (χ1) is 9.49. The molecule has 20 heavy (non-hydrogen) atoms. The van der Waals surface area contributed by atoms with Gasteiger partial charge in [0.15, 0.2) is 5.13 Å². The van der Waals surface area contributed by atoms with E-state index < -0.39 is 0 Å². The predicted molar refractivity (Wildman–Crippen MR) is 80.9 cm³/mol. The summed E-state index contributed by atoms with van der Waals surface area (Å²) in [5.41, 5.74) is 3.79. The Morgan fingerprint density at radius 2 is 2.15 bits per heavy atom. The molecule has 0 aromatic carbocycles. The lowest BCUT2D eigenvalue weighted by atomic mass is 10.1. The summed E-state index contributed by atoms with van der Waals surface area (Å²) in [7, 11) is 0. The highest BCUT2D eigenvalue weighted by molar-refractivity contribution is 7.15. The SMILES string of the molecule is Cc1cnc(NC(=O)c2cc(NN)nc(C(C)C)c2)s1. The van der Waals surface area contributed by atoms with Gasteiger partial charge in [-0.1, -0.05) is 13.8 Å². The fourth-order valence-electron chi connectivity index (χ4n) is 1.63. The van der Waals surface area contributed by atoms with Gasteiger partial charge in [0, 0.05) is 22.3 Å². The van der Waals surface area contributed by atoms with E-state index in [1.807, 2.05) is 20.8 Å². The number of carbonyl (C=O) groups is 1. The molecule has 0 saturated carbocycles. The number of hydrogen-bond acceptors (Lipinski definition) is 6. The van der Waals surface area contributed by atoms with Crippen molar-refractivity contribution in [2.75, 3.05) is 10.7 Å². The number of hydrazine groups is 1. The van der Waals surface area contributed by atoms with Gasteiger partial charge in [-0.15, -0.1) is 11.3 Å². The van der Waals surface area contributed by atoms with Crippen LogP contribution in [0.15, 0.2) is 18.3 Å². The number of aryl methyl sites for hydroxylation is 1. The van der Waals surface area contributed by atoms with Crippen molar-refractivity contribution in [1.82, 2.24) is 9.97 Å². The summed E-state index contributed by atoms with van der Waals surface area (Å²) in [6.07, 6.45) is 1.72. The van der Waals surface area contributed by atoms with Crippen LogP contribution < -0.4 is 16.6 Å². The second-order valence-corrected chi connectivity index (χ2v) is 5.93. The van der Waals surface area contributed by atoms with E-state index in [4.69, 9.17) is 5.84 Å². The molecule has 2 rings (SSSR count). The normalized spacial score (nSPS) is 10.7. The molecule has 6 nitrogen and oxygen atoms in total. The Kier molecular flexibility index (Phi) is 4.31. The number of thiazole rings is 1. The number of amides is 1. The van der Waals surface area contributed by atoms with Gasteiger partial charge in [0.2, 0.25) is 0 Å². The smallest absolute Gasteiger partial charge is 0.257 e. The summed E-state index contributed by atoms with van der Waals surface area (Å²) in [6, 6.07) is 3.38. The molecule has 0 fully saturated rings. The van der Waals surface area contributed by atoms with Gasteiger partial charge < -0.3 is 5.43 Å². The number of pyridine rings is 1. The van der Waals surface area contributed by atoms with Crippen LogP contribution in [-0.4, -0.2) is 15.9 Å². The Bertz CT molecular complexity index is 623. The lowest BCUT2D eigenvalue weighted by Gasteiger charge is -2.10. The molecule has 0 atom stereocenters. The minimum atomic E-state index is -0.222. The van der Waals surface area contributed by atoms with E-state index >= 15 is 0 Å². The number of aromatic nitrogens is 2. The summed E-state index contributed by atoms with van der Waals surface area (Å²) in [4.78, 5) is 21.7. The van der Waals surface area contributed by atoms with Crippen LogP contribution in [0.3, 0.4) is 0 Å². The molecule has 0 aliphatic rings. The van der Waals surface area contributed by atoms with E-state index in [0.29, 0.717) is 16.5 Å². The monoisotopic (exact) mass is 291 g/mol. The van der Waals surface area contributed by atoms with Crippen molar-refractivity contribution in [3.8, 4) is 0 Å². The first-order valence-electron chi connectivity index (χ1n) is 6.22. The van der Waals surface area contributed by atoms with Crippen molar-refractivity contribution in [3.05, 3.63) is 34.5 Å². The van der Waals surface area contributed by atoms with Crippen LogP contribution in [0.2, 0.25) is 0 Å². The number of nitrogens with zero attached hydrogens (tertiary/aromatic N) is 2. The summed E-state index contributed by atoms with van der Waals surface area (Å²) >= 11 is 1.43. The third kappa shape index (κ3) is 3.31. The summed E-state index contributed by atoms with van der Waals surface area (Å²) in [5, 5.41) is 3.35. The lowest BCUT2D eigenvalue weighted by Crippen LogP contribution is -2.15. The first kappa shape index (κ1) is 14.4. The van der Waals surface area contributed by atoms with E-state index in [1.54, 1.807) is 18.3 Å².